The quantitative estimate of drug-likeness (QED) is 0.791. The van der Waals surface area contributed by atoms with Crippen LogP contribution in [0.1, 0.15) is 6.92 Å². The smallest absolute Gasteiger partial charge is 0.344 e. The van der Waals surface area contributed by atoms with Gasteiger partial charge in [0.05, 0.1) is 5.02 Å². The zero-order chi connectivity index (χ0) is 17.5. The molecule has 2 aromatic rings. The van der Waals surface area contributed by atoms with E-state index in [1.807, 2.05) is 0 Å². The fourth-order valence-corrected chi connectivity index (χ4v) is 1.87. The van der Waals surface area contributed by atoms with Gasteiger partial charge in [0, 0.05) is 11.2 Å². The third-order valence-corrected chi connectivity index (χ3v) is 3.30. The number of rotatable bonds is 6. The van der Waals surface area contributed by atoms with E-state index in [0.29, 0.717) is 21.6 Å². The molecule has 1 aromatic heterocycles. The van der Waals surface area contributed by atoms with Gasteiger partial charge in [-0.25, -0.2) is 9.78 Å². The van der Waals surface area contributed by atoms with Crippen molar-refractivity contribution in [2.24, 2.45) is 0 Å². The molecule has 1 heterocycles. The van der Waals surface area contributed by atoms with Gasteiger partial charge >= 0.3 is 5.97 Å². The van der Waals surface area contributed by atoms with Gasteiger partial charge in [-0.2, -0.15) is 0 Å². The van der Waals surface area contributed by atoms with Crippen LogP contribution >= 0.6 is 23.2 Å². The van der Waals surface area contributed by atoms with Crippen molar-refractivity contribution in [3.63, 3.8) is 0 Å². The summed E-state index contributed by atoms with van der Waals surface area (Å²) in [6.07, 6.45) is 0.400. The Morgan fingerprint density at radius 2 is 1.79 bits per heavy atom. The summed E-state index contributed by atoms with van der Waals surface area (Å²) in [6, 6.07) is 9.64. The van der Waals surface area contributed by atoms with Crippen LogP contribution in [-0.4, -0.2) is 29.6 Å². The molecule has 0 radical (unpaired) electrons. The van der Waals surface area contributed by atoms with Gasteiger partial charge in [-0.15, -0.1) is 0 Å². The molecule has 1 atom stereocenters. The van der Waals surface area contributed by atoms with E-state index in [4.69, 9.17) is 32.7 Å². The monoisotopic (exact) mass is 368 g/mol. The van der Waals surface area contributed by atoms with Crippen LogP contribution in [0.25, 0.3) is 0 Å². The molecule has 1 unspecified atom stereocenters. The first-order chi connectivity index (χ1) is 11.4. The molecule has 0 fully saturated rings. The summed E-state index contributed by atoms with van der Waals surface area (Å²) >= 11 is 11.5. The number of nitrogens with one attached hydrogen (secondary N) is 1. The molecule has 1 N–H and O–H groups in total. The van der Waals surface area contributed by atoms with E-state index in [2.05, 4.69) is 10.3 Å². The maximum absolute atomic E-state index is 11.9. The van der Waals surface area contributed by atoms with Crippen molar-refractivity contribution in [3.05, 3.63) is 52.6 Å². The summed E-state index contributed by atoms with van der Waals surface area (Å²) in [7, 11) is 0. The zero-order valence-electron chi connectivity index (χ0n) is 12.7. The molecule has 0 bridgehead atoms. The lowest BCUT2D eigenvalue weighted by Crippen LogP contribution is -2.31. The first kappa shape index (κ1) is 18.0. The van der Waals surface area contributed by atoms with Crippen molar-refractivity contribution in [3.8, 4) is 5.75 Å². The third-order valence-electron chi connectivity index (χ3n) is 2.83. The molecule has 0 saturated carbocycles. The number of esters is 1. The van der Waals surface area contributed by atoms with E-state index >= 15 is 0 Å². The van der Waals surface area contributed by atoms with Crippen molar-refractivity contribution in [1.29, 1.82) is 0 Å². The second-order valence-corrected chi connectivity index (χ2v) is 5.60. The van der Waals surface area contributed by atoms with E-state index in [1.165, 1.54) is 13.1 Å². The van der Waals surface area contributed by atoms with Crippen molar-refractivity contribution in [1.82, 2.24) is 4.98 Å². The standard InChI is InChI=1S/C16H14Cl2N2O4/c1-10(16(22)20-14-7-4-12(18)8-19-14)24-15(21)9-23-13-5-2-11(17)3-6-13/h2-8,10H,9H2,1H3,(H,19,20,22). The number of aromatic nitrogens is 1. The molecular weight excluding hydrogens is 355 g/mol. The minimum atomic E-state index is -0.996. The van der Waals surface area contributed by atoms with Crippen LogP contribution < -0.4 is 10.1 Å². The normalized spacial score (nSPS) is 11.5. The zero-order valence-corrected chi connectivity index (χ0v) is 14.2. The molecule has 126 valence electrons. The fourth-order valence-electron chi connectivity index (χ4n) is 1.64. The Kier molecular flexibility index (Phi) is 6.40. The molecule has 1 aromatic carbocycles. The van der Waals surface area contributed by atoms with Gasteiger partial charge in [-0.05, 0) is 43.3 Å². The molecule has 0 saturated heterocycles. The number of hydrogen-bond donors (Lipinski definition) is 1. The fraction of sp³-hybridized carbons (Fsp3) is 0.188. The minimum Gasteiger partial charge on any atom is -0.482 e. The number of pyridine rings is 1. The van der Waals surface area contributed by atoms with Gasteiger partial charge in [-0.3, -0.25) is 4.79 Å². The first-order valence-corrected chi connectivity index (χ1v) is 7.70. The maximum atomic E-state index is 11.9. The number of amides is 1. The van der Waals surface area contributed by atoms with Crippen LogP contribution in [0.3, 0.4) is 0 Å². The number of nitrogens with zero attached hydrogens (tertiary/aromatic N) is 1. The summed E-state index contributed by atoms with van der Waals surface area (Å²) in [5.74, 6) is -0.398. The molecular formula is C16H14Cl2N2O4. The van der Waals surface area contributed by atoms with Gasteiger partial charge in [-0.1, -0.05) is 23.2 Å². The van der Waals surface area contributed by atoms with Crippen LogP contribution in [0, 0.1) is 0 Å². The molecule has 0 aliphatic carbocycles. The molecule has 0 aliphatic heterocycles. The lowest BCUT2D eigenvalue weighted by Gasteiger charge is -2.13. The highest BCUT2D eigenvalue weighted by Crippen LogP contribution is 2.15. The third kappa shape index (κ3) is 5.72. The molecule has 24 heavy (non-hydrogen) atoms. The predicted octanol–water partition coefficient (Wildman–Crippen LogP) is 3.34. The van der Waals surface area contributed by atoms with Crippen LogP contribution in [0.4, 0.5) is 5.82 Å². The summed E-state index contributed by atoms with van der Waals surface area (Å²) in [5.41, 5.74) is 0. The second-order valence-electron chi connectivity index (χ2n) is 4.73. The van der Waals surface area contributed by atoms with Crippen LogP contribution in [0.5, 0.6) is 5.75 Å². The van der Waals surface area contributed by atoms with Crippen LogP contribution in [0.2, 0.25) is 10.0 Å². The average Bonchev–Trinajstić information content (AvgIpc) is 2.56. The van der Waals surface area contributed by atoms with E-state index < -0.39 is 18.0 Å². The van der Waals surface area contributed by atoms with Crippen molar-refractivity contribution in [2.45, 2.75) is 13.0 Å². The average molecular weight is 369 g/mol. The number of ether oxygens (including phenoxy) is 2. The highest BCUT2D eigenvalue weighted by atomic mass is 35.5. The molecule has 0 spiro atoms. The Bertz CT molecular complexity index is 705. The molecule has 1 amide bonds. The van der Waals surface area contributed by atoms with Crippen molar-refractivity contribution < 1.29 is 19.1 Å². The Balaban J connectivity index is 1.78. The minimum absolute atomic E-state index is 0.310. The lowest BCUT2D eigenvalue weighted by molar-refractivity contribution is -0.155. The number of benzene rings is 1. The predicted molar refractivity (Wildman–Crippen MR) is 90.4 cm³/mol. The molecule has 6 nitrogen and oxygen atoms in total. The van der Waals surface area contributed by atoms with Crippen LogP contribution in [0.15, 0.2) is 42.6 Å². The Morgan fingerprint density at radius 3 is 2.42 bits per heavy atom. The van der Waals surface area contributed by atoms with Gasteiger partial charge in [0.1, 0.15) is 11.6 Å². The second kappa shape index (κ2) is 8.52. The Labute approximate surface area is 148 Å². The number of anilines is 1. The number of carbonyl (C=O) groups is 2. The van der Waals surface area contributed by atoms with E-state index in [-0.39, 0.29) is 6.61 Å². The van der Waals surface area contributed by atoms with E-state index in [1.54, 1.807) is 36.4 Å². The molecule has 0 aliphatic rings. The summed E-state index contributed by atoms with van der Waals surface area (Å²) in [5, 5.41) is 3.52. The van der Waals surface area contributed by atoms with Gasteiger partial charge in [0.2, 0.25) is 0 Å². The number of halogens is 2. The van der Waals surface area contributed by atoms with Gasteiger partial charge < -0.3 is 14.8 Å². The van der Waals surface area contributed by atoms with E-state index in [9.17, 15) is 9.59 Å². The SMILES string of the molecule is CC(OC(=O)COc1ccc(Cl)cc1)C(=O)Nc1ccc(Cl)cn1. The maximum Gasteiger partial charge on any atom is 0.344 e. The Morgan fingerprint density at radius 1 is 1.12 bits per heavy atom. The largest absolute Gasteiger partial charge is 0.482 e. The molecule has 2 rings (SSSR count). The highest BCUT2D eigenvalue weighted by Gasteiger charge is 2.18. The number of carbonyl (C=O) groups excluding carboxylic acids is 2. The summed E-state index contributed by atoms with van der Waals surface area (Å²) in [4.78, 5) is 27.6. The molecule has 8 heteroatoms. The van der Waals surface area contributed by atoms with E-state index in [0.717, 1.165) is 0 Å². The topological polar surface area (TPSA) is 77.5 Å². The highest BCUT2D eigenvalue weighted by molar-refractivity contribution is 6.30. The Hall–Kier alpha value is -2.31. The van der Waals surface area contributed by atoms with Gasteiger partial charge in [0.25, 0.3) is 5.91 Å². The van der Waals surface area contributed by atoms with Crippen molar-refractivity contribution >= 4 is 40.9 Å². The number of hydrogen-bond acceptors (Lipinski definition) is 5. The lowest BCUT2D eigenvalue weighted by atomic mass is 10.3. The van der Waals surface area contributed by atoms with Gasteiger partial charge in [0.15, 0.2) is 12.7 Å². The summed E-state index contributed by atoms with van der Waals surface area (Å²) in [6.45, 7) is 1.13. The van der Waals surface area contributed by atoms with Crippen LogP contribution in [-0.2, 0) is 14.3 Å². The van der Waals surface area contributed by atoms with Crippen molar-refractivity contribution in [2.75, 3.05) is 11.9 Å². The summed E-state index contributed by atoms with van der Waals surface area (Å²) < 4.78 is 10.2. The first-order valence-electron chi connectivity index (χ1n) is 6.94.